The number of carbonyl (C=O) groups is 1. The number of nitrogens with zero attached hydrogens (tertiary/aromatic N) is 1. The number of hydrogen-bond acceptors (Lipinski definition) is 4. The highest BCUT2D eigenvalue weighted by atomic mass is 16.6. The van der Waals surface area contributed by atoms with Crippen molar-refractivity contribution in [1.29, 1.82) is 0 Å². The van der Waals surface area contributed by atoms with Gasteiger partial charge in [0, 0.05) is 13.7 Å². The summed E-state index contributed by atoms with van der Waals surface area (Å²) in [6.07, 6.45) is 0.875. The lowest BCUT2D eigenvalue weighted by molar-refractivity contribution is 0.0206. The maximum atomic E-state index is 12.5. The van der Waals surface area contributed by atoms with Gasteiger partial charge in [0.05, 0.1) is 6.04 Å². The van der Waals surface area contributed by atoms with E-state index in [0.29, 0.717) is 19.4 Å². The van der Waals surface area contributed by atoms with Crippen molar-refractivity contribution in [3.8, 4) is 5.75 Å². The van der Waals surface area contributed by atoms with Crippen LogP contribution in [-0.4, -0.2) is 35.4 Å². The van der Waals surface area contributed by atoms with E-state index >= 15 is 0 Å². The summed E-state index contributed by atoms with van der Waals surface area (Å²) >= 11 is 0. The predicted octanol–water partition coefficient (Wildman–Crippen LogP) is 4.95. The van der Waals surface area contributed by atoms with Crippen LogP contribution in [0.15, 0.2) is 54.6 Å². The molecular weight excluding hydrogens is 354 g/mol. The third kappa shape index (κ3) is 6.89. The minimum absolute atomic E-state index is 0.0803. The van der Waals surface area contributed by atoms with E-state index in [1.54, 1.807) is 11.9 Å². The van der Waals surface area contributed by atoms with Crippen molar-refractivity contribution >= 4 is 6.09 Å². The van der Waals surface area contributed by atoms with Crippen molar-refractivity contribution in [3.63, 3.8) is 0 Å². The highest BCUT2D eigenvalue weighted by Gasteiger charge is 2.26. The number of amides is 1. The van der Waals surface area contributed by atoms with Crippen molar-refractivity contribution in [3.05, 3.63) is 65.7 Å². The molecule has 2 aromatic carbocycles. The molecule has 1 amide bonds. The van der Waals surface area contributed by atoms with Crippen LogP contribution in [-0.2, 0) is 11.3 Å². The number of aliphatic hydroxyl groups excluding tert-OH is 1. The van der Waals surface area contributed by atoms with Crippen LogP contribution >= 0.6 is 0 Å². The van der Waals surface area contributed by atoms with Gasteiger partial charge in [-0.1, -0.05) is 42.5 Å². The molecule has 1 N–H and O–H groups in total. The van der Waals surface area contributed by atoms with E-state index in [1.165, 1.54) is 0 Å². The Kier molecular flexibility index (Phi) is 7.88. The summed E-state index contributed by atoms with van der Waals surface area (Å²) in [4.78, 5) is 14.1. The molecule has 0 saturated heterocycles. The Hall–Kier alpha value is -2.53. The molecule has 28 heavy (non-hydrogen) atoms. The largest absolute Gasteiger partial charge is 0.489 e. The predicted molar refractivity (Wildman–Crippen MR) is 110 cm³/mol. The van der Waals surface area contributed by atoms with Crippen molar-refractivity contribution in [2.45, 2.75) is 51.9 Å². The van der Waals surface area contributed by atoms with Gasteiger partial charge in [-0.3, -0.25) is 0 Å². The molecule has 5 heteroatoms. The molecule has 2 rings (SSSR count). The fraction of sp³-hybridized carbons (Fsp3) is 0.435. The number of aliphatic hydroxyl groups is 1. The number of rotatable bonds is 8. The van der Waals surface area contributed by atoms with Gasteiger partial charge in [-0.2, -0.15) is 0 Å². The molecular formula is C23H31NO4. The van der Waals surface area contributed by atoms with Crippen LogP contribution in [0, 0.1) is 0 Å². The molecule has 0 saturated carbocycles. The second kappa shape index (κ2) is 10.1. The third-order valence-corrected chi connectivity index (χ3v) is 4.30. The molecule has 0 aliphatic heterocycles. The first-order valence-corrected chi connectivity index (χ1v) is 9.63. The lowest BCUT2D eigenvalue weighted by Crippen LogP contribution is -2.36. The maximum absolute atomic E-state index is 12.5. The maximum Gasteiger partial charge on any atom is 0.410 e. The van der Waals surface area contributed by atoms with Gasteiger partial charge in [-0.15, -0.1) is 0 Å². The Balaban J connectivity index is 2.07. The highest BCUT2D eigenvalue weighted by Crippen LogP contribution is 2.28. The summed E-state index contributed by atoms with van der Waals surface area (Å²) in [6.45, 7) is 6.13. The molecule has 0 aliphatic rings. The van der Waals surface area contributed by atoms with E-state index in [1.807, 2.05) is 75.4 Å². The van der Waals surface area contributed by atoms with Crippen molar-refractivity contribution < 1.29 is 19.4 Å². The molecule has 152 valence electrons. The van der Waals surface area contributed by atoms with Crippen LogP contribution < -0.4 is 4.74 Å². The van der Waals surface area contributed by atoms with E-state index in [0.717, 1.165) is 16.9 Å². The summed E-state index contributed by atoms with van der Waals surface area (Å²) in [7, 11) is 1.73. The Morgan fingerprint density at radius 3 is 2.29 bits per heavy atom. The van der Waals surface area contributed by atoms with Crippen molar-refractivity contribution in [1.82, 2.24) is 4.90 Å². The molecule has 1 atom stereocenters. The quantitative estimate of drug-likeness (QED) is 0.699. The second-order valence-electron chi connectivity index (χ2n) is 7.82. The van der Waals surface area contributed by atoms with Crippen LogP contribution in [0.2, 0.25) is 0 Å². The molecule has 0 bridgehead atoms. The summed E-state index contributed by atoms with van der Waals surface area (Å²) < 4.78 is 11.3. The van der Waals surface area contributed by atoms with E-state index in [2.05, 4.69) is 0 Å². The van der Waals surface area contributed by atoms with Gasteiger partial charge in [0.25, 0.3) is 0 Å². The molecule has 0 fully saturated rings. The van der Waals surface area contributed by atoms with Crippen LogP contribution in [0.25, 0.3) is 0 Å². The zero-order valence-corrected chi connectivity index (χ0v) is 17.2. The number of carbonyl (C=O) groups excluding carboxylic acids is 1. The number of ether oxygens (including phenoxy) is 2. The number of benzene rings is 2. The minimum Gasteiger partial charge on any atom is -0.489 e. The SMILES string of the molecule is CN(C(=O)OC(C)(C)C)C(CCCO)c1ccc(OCc2ccccc2)cc1. The van der Waals surface area contributed by atoms with E-state index in [4.69, 9.17) is 9.47 Å². The van der Waals surface area contributed by atoms with Gasteiger partial charge in [0.15, 0.2) is 0 Å². The molecule has 0 radical (unpaired) electrons. The smallest absolute Gasteiger partial charge is 0.410 e. The molecule has 0 aromatic heterocycles. The Morgan fingerprint density at radius 1 is 1.07 bits per heavy atom. The zero-order valence-electron chi connectivity index (χ0n) is 17.2. The Bertz CT molecular complexity index is 723. The van der Waals surface area contributed by atoms with Crippen LogP contribution in [0.1, 0.15) is 50.8 Å². The van der Waals surface area contributed by atoms with Gasteiger partial charge < -0.3 is 19.5 Å². The standard InChI is InChI=1S/C23H31NO4/c1-23(2,3)28-22(26)24(4)21(11-8-16-25)19-12-14-20(15-13-19)27-17-18-9-6-5-7-10-18/h5-7,9-10,12-15,21,25H,8,11,16-17H2,1-4H3. The molecule has 2 aromatic rings. The minimum atomic E-state index is -0.554. The van der Waals surface area contributed by atoms with E-state index in [9.17, 15) is 9.90 Å². The van der Waals surface area contributed by atoms with E-state index in [-0.39, 0.29) is 18.7 Å². The van der Waals surface area contributed by atoms with Gasteiger partial charge in [0.1, 0.15) is 18.0 Å². The fourth-order valence-corrected chi connectivity index (χ4v) is 2.86. The van der Waals surface area contributed by atoms with Crippen molar-refractivity contribution in [2.75, 3.05) is 13.7 Å². The average molecular weight is 386 g/mol. The lowest BCUT2D eigenvalue weighted by atomic mass is 10.0. The summed E-state index contributed by atoms with van der Waals surface area (Å²) in [6, 6.07) is 17.6. The van der Waals surface area contributed by atoms with E-state index < -0.39 is 5.60 Å². The second-order valence-corrected chi connectivity index (χ2v) is 7.82. The molecule has 1 unspecified atom stereocenters. The monoisotopic (exact) mass is 385 g/mol. The molecule has 0 spiro atoms. The summed E-state index contributed by atoms with van der Waals surface area (Å²) in [5.41, 5.74) is 1.54. The van der Waals surface area contributed by atoms with Crippen LogP contribution in [0.4, 0.5) is 4.79 Å². The summed E-state index contributed by atoms with van der Waals surface area (Å²) in [5, 5.41) is 9.24. The van der Waals surface area contributed by atoms with Gasteiger partial charge in [0.2, 0.25) is 0 Å². The zero-order chi connectivity index (χ0) is 20.6. The van der Waals surface area contributed by atoms with Crippen LogP contribution in [0.3, 0.4) is 0 Å². The fourth-order valence-electron chi connectivity index (χ4n) is 2.86. The van der Waals surface area contributed by atoms with Gasteiger partial charge in [-0.05, 0) is 56.9 Å². The van der Waals surface area contributed by atoms with Crippen molar-refractivity contribution in [2.24, 2.45) is 0 Å². The Labute approximate surface area is 167 Å². The Morgan fingerprint density at radius 2 is 1.71 bits per heavy atom. The topological polar surface area (TPSA) is 59.0 Å². The first-order valence-electron chi connectivity index (χ1n) is 9.63. The molecule has 0 aliphatic carbocycles. The lowest BCUT2D eigenvalue weighted by Gasteiger charge is -2.31. The first kappa shape index (κ1) is 21.8. The van der Waals surface area contributed by atoms with Gasteiger partial charge in [-0.25, -0.2) is 4.79 Å². The average Bonchev–Trinajstić information content (AvgIpc) is 2.67. The number of hydrogen-bond donors (Lipinski definition) is 1. The molecule has 0 heterocycles. The normalized spacial score (nSPS) is 12.3. The molecule has 5 nitrogen and oxygen atoms in total. The van der Waals surface area contributed by atoms with Crippen LogP contribution in [0.5, 0.6) is 5.75 Å². The van der Waals surface area contributed by atoms with Gasteiger partial charge >= 0.3 is 6.09 Å². The first-order chi connectivity index (χ1) is 13.3. The highest BCUT2D eigenvalue weighted by molar-refractivity contribution is 5.68. The third-order valence-electron chi connectivity index (χ3n) is 4.30. The summed E-state index contributed by atoms with van der Waals surface area (Å²) in [5.74, 6) is 0.772.